The normalized spacial score (nSPS) is 11.4. The van der Waals surface area contributed by atoms with Gasteiger partial charge in [-0.1, -0.05) is 11.6 Å². The Hall–Kier alpha value is -2.79. The lowest BCUT2D eigenvalue weighted by atomic mass is 10.2. The van der Waals surface area contributed by atoms with Gasteiger partial charge in [-0.3, -0.25) is 0 Å². The van der Waals surface area contributed by atoms with Gasteiger partial charge in [-0.25, -0.2) is 17.5 Å². The number of methoxy groups -OCH3 is 2. The van der Waals surface area contributed by atoms with Gasteiger partial charge in [0.05, 0.1) is 14.2 Å². The minimum absolute atomic E-state index is 0.0153. The first-order valence-electron chi connectivity index (χ1n) is 7.88. The van der Waals surface area contributed by atoms with Gasteiger partial charge >= 0.3 is 0 Å². The molecule has 2 N–H and O–H groups in total. The number of sulfonamides is 1. The van der Waals surface area contributed by atoms with E-state index in [1.807, 2.05) is 0 Å². The van der Waals surface area contributed by atoms with Crippen molar-refractivity contribution in [1.82, 2.24) is 15.0 Å². The van der Waals surface area contributed by atoms with Crippen LogP contribution in [0, 0.1) is 0 Å². The number of hydrogen-bond acceptors (Lipinski definition) is 7. The molecule has 0 saturated carbocycles. The van der Waals surface area contributed by atoms with E-state index in [2.05, 4.69) is 19.7 Å². The SMILES string of the molecule is COc1nc(NS(=O)(=O)c2c[nH]c3cc(Cl)ccc23)nc(OC)c1OCCF. The Kier molecular flexibility index (Phi) is 5.75. The van der Waals surface area contributed by atoms with Crippen LogP contribution < -0.4 is 18.9 Å². The van der Waals surface area contributed by atoms with Crippen molar-refractivity contribution in [1.29, 1.82) is 0 Å². The zero-order valence-corrected chi connectivity index (χ0v) is 16.4. The van der Waals surface area contributed by atoms with Crippen molar-refractivity contribution in [2.45, 2.75) is 4.90 Å². The number of hydrogen-bond donors (Lipinski definition) is 2. The van der Waals surface area contributed by atoms with Crippen LogP contribution in [0.15, 0.2) is 29.3 Å². The largest absolute Gasteiger partial charge is 0.481 e. The maximum absolute atomic E-state index is 12.8. The summed E-state index contributed by atoms with van der Waals surface area (Å²) in [6.07, 6.45) is 1.33. The predicted molar refractivity (Wildman–Crippen MR) is 101 cm³/mol. The highest BCUT2D eigenvalue weighted by Crippen LogP contribution is 2.35. The molecule has 0 saturated heterocycles. The standard InChI is InChI=1S/C16H16ClFN4O5S/c1-25-14-13(27-6-5-18)15(26-2)21-16(20-14)22-28(23,24)12-8-19-11-7-9(17)3-4-10(11)12/h3-4,7-8,19H,5-6H2,1-2H3,(H,20,21,22). The second kappa shape index (κ2) is 8.07. The number of nitrogens with zero attached hydrogens (tertiary/aromatic N) is 2. The van der Waals surface area contributed by atoms with Crippen LogP contribution in [0.4, 0.5) is 10.3 Å². The van der Waals surface area contributed by atoms with E-state index in [1.165, 1.54) is 20.4 Å². The van der Waals surface area contributed by atoms with E-state index in [1.54, 1.807) is 18.2 Å². The van der Waals surface area contributed by atoms with Crippen LogP contribution in [-0.2, 0) is 10.0 Å². The second-order valence-corrected chi connectivity index (χ2v) is 7.47. The third kappa shape index (κ3) is 3.90. The van der Waals surface area contributed by atoms with Gasteiger partial charge in [0.25, 0.3) is 21.8 Å². The van der Waals surface area contributed by atoms with Crippen LogP contribution in [0.25, 0.3) is 10.9 Å². The quantitative estimate of drug-likeness (QED) is 0.564. The molecular weight excluding hydrogens is 415 g/mol. The molecule has 150 valence electrons. The van der Waals surface area contributed by atoms with E-state index < -0.39 is 16.7 Å². The second-order valence-electron chi connectivity index (χ2n) is 5.38. The summed E-state index contributed by atoms with van der Waals surface area (Å²) in [7, 11) is -1.46. The van der Waals surface area contributed by atoms with E-state index in [-0.39, 0.29) is 35.0 Å². The van der Waals surface area contributed by atoms with Gasteiger partial charge < -0.3 is 19.2 Å². The average Bonchev–Trinajstić information content (AvgIpc) is 3.09. The number of fused-ring (bicyclic) bond motifs is 1. The fourth-order valence-electron chi connectivity index (χ4n) is 2.47. The van der Waals surface area contributed by atoms with E-state index in [0.717, 1.165) is 0 Å². The van der Waals surface area contributed by atoms with Crippen molar-refractivity contribution in [2.75, 3.05) is 32.2 Å². The Morgan fingerprint density at radius 3 is 2.50 bits per heavy atom. The molecule has 0 aliphatic heterocycles. The Morgan fingerprint density at radius 1 is 1.21 bits per heavy atom. The van der Waals surface area contributed by atoms with Gasteiger partial charge in [0.1, 0.15) is 18.2 Å². The van der Waals surface area contributed by atoms with Crippen molar-refractivity contribution in [2.24, 2.45) is 0 Å². The van der Waals surface area contributed by atoms with Crippen LogP contribution in [-0.4, -0.2) is 50.9 Å². The number of aromatic amines is 1. The van der Waals surface area contributed by atoms with E-state index >= 15 is 0 Å². The molecule has 0 atom stereocenters. The van der Waals surface area contributed by atoms with Crippen LogP contribution in [0.5, 0.6) is 17.5 Å². The number of aromatic nitrogens is 3. The van der Waals surface area contributed by atoms with Crippen molar-refractivity contribution >= 4 is 38.5 Å². The molecule has 9 nitrogen and oxygen atoms in total. The monoisotopic (exact) mass is 430 g/mol. The van der Waals surface area contributed by atoms with Gasteiger partial charge in [0, 0.05) is 22.1 Å². The third-order valence-corrected chi connectivity index (χ3v) is 5.24. The number of alkyl halides is 1. The lowest BCUT2D eigenvalue weighted by molar-refractivity contribution is 0.240. The highest BCUT2D eigenvalue weighted by atomic mass is 35.5. The van der Waals surface area contributed by atoms with Crippen molar-refractivity contribution in [3.05, 3.63) is 29.4 Å². The molecular formula is C16H16ClFN4O5S. The third-order valence-electron chi connectivity index (χ3n) is 3.63. The summed E-state index contributed by atoms with van der Waals surface area (Å²) < 4.78 is 55.6. The molecule has 0 unspecified atom stereocenters. The number of nitrogens with one attached hydrogen (secondary N) is 2. The smallest absolute Gasteiger partial charge is 0.266 e. The van der Waals surface area contributed by atoms with Crippen LogP contribution in [0.2, 0.25) is 5.02 Å². The molecule has 0 aliphatic rings. The summed E-state index contributed by atoms with van der Waals surface area (Å²) in [4.78, 5) is 10.8. The fourth-order valence-corrected chi connectivity index (χ4v) is 3.76. The molecule has 2 heterocycles. The van der Waals surface area contributed by atoms with Crippen molar-refractivity contribution in [3.63, 3.8) is 0 Å². The lowest BCUT2D eigenvalue weighted by Gasteiger charge is -2.14. The highest BCUT2D eigenvalue weighted by Gasteiger charge is 2.24. The lowest BCUT2D eigenvalue weighted by Crippen LogP contribution is -2.16. The molecule has 0 spiro atoms. The highest BCUT2D eigenvalue weighted by molar-refractivity contribution is 7.93. The molecule has 0 radical (unpaired) electrons. The first kappa shape index (κ1) is 20.0. The summed E-state index contributed by atoms with van der Waals surface area (Å²) in [5, 5.41) is 0.909. The van der Waals surface area contributed by atoms with E-state index in [9.17, 15) is 12.8 Å². The van der Waals surface area contributed by atoms with Crippen molar-refractivity contribution in [3.8, 4) is 17.5 Å². The molecule has 0 amide bonds. The van der Waals surface area contributed by atoms with Crippen molar-refractivity contribution < 1.29 is 27.0 Å². The van der Waals surface area contributed by atoms with Gasteiger partial charge in [0.2, 0.25) is 11.7 Å². The molecule has 3 rings (SSSR count). The Morgan fingerprint density at radius 2 is 1.89 bits per heavy atom. The first-order chi connectivity index (χ1) is 13.4. The van der Waals surface area contributed by atoms with Gasteiger partial charge in [-0.05, 0) is 18.2 Å². The summed E-state index contributed by atoms with van der Waals surface area (Å²) in [6, 6.07) is 4.77. The van der Waals surface area contributed by atoms with Crippen LogP contribution in [0.3, 0.4) is 0 Å². The molecule has 12 heteroatoms. The maximum Gasteiger partial charge on any atom is 0.266 e. The van der Waals surface area contributed by atoms with Crippen LogP contribution >= 0.6 is 11.6 Å². The molecule has 1 aromatic carbocycles. The number of halogens is 2. The fraction of sp³-hybridized carbons (Fsp3) is 0.250. The molecule has 2 aromatic heterocycles. The minimum Gasteiger partial charge on any atom is -0.481 e. The summed E-state index contributed by atoms with van der Waals surface area (Å²) in [5.41, 5.74) is 0.555. The van der Waals surface area contributed by atoms with Gasteiger partial charge in [-0.2, -0.15) is 9.97 Å². The summed E-state index contributed by atoms with van der Waals surface area (Å²) in [6.45, 7) is -1.01. The number of ether oxygens (including phenoxy) is 3. The summed E-state index contributed by atoms with van der Waals surface area (Å²) >= 11 is 5.92. The maximum atomic E-state index is 12.8. The zero-order valence-electron chi connectivity index (χ0n) is 14.8. The number of rotatable bonds is 8. The topological polar surface area (TPSA) is 115 Å². The minimum atomic E-state index is -4.05. The first-order valence-corrected chi connectivity index (χ1v) is 9.74. The van der Waals surface area contributed by atoms with Gasteiger partial charge in [0.15, 0.2) is 0 Å². The molecule has 0 bridgehead atoms. The Bertz CT molecular complexity index is 1080. The van der Waals surface area contributed by atoms with E-state index in [0.29, 0.717) is 15.9 Å². The number of H-pyrrole nitrogens is 1. The Balaban J connectivity index is 1.99. The molecule has 3 aromatic rings. The molecule has 28 heavy (non-hydrogen) atoms. The molecule has 0 fully saturated rings. The van der Waals surface area contributed by atoms with Crippen LogP contribution in [0.1, 0.15) is 0 Å². The number of anilines is 1. The molecule has 0 aliphatic carbocycles. The summed E-state index contributed by atoms with van der Waals surface area (Å²) in [5.74, 6) is -0.552. The average molecular weight is 431 g/mol. The number of benzene rings is 1. The predicted octanol–water partition coefficient (Wildman–Crippen LogP) is 2.78. The zero-order chi connectivity index (χ0) is 20.3. The van der Waals surface area contributed by atoms with Gasteiger partial charge in [-0.15, -0.1) is 0 Å². The van der Waals surface area contributed by atoms with E-state index in [4.69, 9.17) is 25.8 Å². The Labute approximate surface area is 164 Å².